The van der Waals surface area contributed by atoms with Crippen LogP contribution in [0.2, 0.25) is 0 Å². The van der Waals surface area contributed by atoms with Crippen LogP contribution < -0.4 is 0 Å². The molecule has 2 rings (SSSR count). The molecule has 0 atom stereocenters. The minimum atomic E-state index is -0.210. The number of nitrogens with zero attached hydrogens (tertiary/aromatic N) is 2. The van der Waals surface area contributed by atoms with Crippen LogP contribution in [0, 0.1) is 6.92 Å². The highest BCUT2D eigenvalue weighted by atomic mass is 79.9. The van der Waals surface area contributed by atoms with Crippen LogP contribution in [0.5, 0.6) is 0 Å². The van der Waals surface area contributed by atoms with Gasteiger partial charge in [0.1, 0.15) is 0 Å². The zero-order valence-corrected chi connectivity index (χ0v) is 13.1. The van der Waals surface area contributed by atoms with Gasteiger partial charge in [-0.25, -0.2) is 5.06 Å². The van der Waals surface area contributed by atoms with Crippen molar-refractivity contribution in [2.45, 2.75) is 6.92 Å². The second-order valence-electron chi connectivity index (χ2n) is 4.33. The van der Waals surface area contributed by atoms with Gasteiger partial charge in [0.15, 0.2) is 0 Å². The summed E-state index contributed by atoms with van der Waals surface area (Å²) in [4.78, 5) is 21.5. The number of aromatic nitrogens is 1. The van der Waals surface area contributed by atoms with Crippen LogP contribution in [0.3, 0.4) is 0 Å². The molecular formula is C15H15BrN2O2. The van der Waals surface area contributed by atoms with Crippen molar-refractivity contribution < 1.29 is 9.63 Å². The van der Waals surface area contributed by atoms with E-state index in [4.69, 9.17) is 4.84 Å². The third-order valence-electron chi connectivity index (χ3n) is 3.00. The molecule has 0 aliphatic carbocycles. The molecule has 0 bridgehead atoms. The van der Waals surface area contributed by atoms with Crippen LogP contribution in [0.25, 0.3) is 11.3 Å². The number of carbonyl (C=O) groups is 1. The Labute approximate surface area is 126 Å². The third kappa shape index (κ3) is 3.05. The summed E-state index contributed by atoms with van der Waals surface area (Å²) in [5.41, 5.74) is 3.05. The van der Waals surface area contributed by atoms with Gasteiger partial charge in [0.2, 0.25) is 0 Å². The molecule has 20 heavy (non-hydrogen) atoms. The van der Waals surface area contributed by atoms with E-state index in [2.05, 4.69) is 20.9 Å². The number of amides is 1. The number of hydrogen-bond acceptors (Lipinski definition) is 3. The zero-order chi connectivity index (χ0) is 14.7. The SMILES string of the molecule is CON(C)C(=O)c1ccc(-c2cccc(Br)c2)nc1C. The van der Waals surface area contributed by atoms with E-state index >= 15 is 0 Å². The van der Waals surface area contributed by atoms with Gasteiger partial charge in [-0.05, 0) is 31.2 Å². The lowest BCUT2D eigenvalue weighted by atomic mass is 10.1. The first kappa shape index (κ1) is 14.7. The van der Waals surface area contributed by atoms with E-state index in [9.17, 15) is 4.79 Å². The standard InChI is InChI=1S/C15H15BrN2O2/c1-10-13(15(19)18(2)20-3)7-8-14(17-10)11-5-4-6-12(16)9-11/h4-9H,1-3H3. The fourth-order valence-corrected chi connectivity index (χ4v) is 2.25. The predicted molar refractivity (Wildman–Crippen MR) is 81.2 cm³/mol. The number of benzene rings is 1. The molecule has 1 aromatic heterocycles. The van der Waals surface area contributed by atoms with Crippen molar-refractivity contribution in [3.63, 3.8) is 0 Å². The molecule has 1 aromatic carbocycles. The summed E-state index contributed by atoms with van der Waals surface area (Å²) in [6, 6.07) is 11.5. The van der Waals surface area contributed by atoms with E-state index in [0.717, 1.165) is 15.7 Å². The Morgan fingerprint density at radius 1 is 1.30 bits per heavy atom. The lowest BCUT2D eigenvalue weighted by molar-refractivity contribution is -0.0757. The average molecular weight is 335 g/mol. The van der Waals surface area contributed by atoms with E-state index < -0.39 is 0 Å². The Morgan fingerprint density at radius 2 is 2.05 bits per heavy atom. The largest absolute Gasteiger partial charge is 0.278 e. The predicted octanol–water partition coefficient (Wildman–Crippen LogP) is 3.45. The lowest BCUT2D eigenvalue weighted by Crippen LogP contribution is -2.26. The number of pyridine rings is 1. The Hall–Kier alpha value is -1.72. The Balaban J connectivity index is 2.37. The number of carbonyl (C=O) groups excluding carboxylic acids is 1. The second kappa shape index (κ2) is 6.15. The molecule has 0 fully saturated rings. The second-order valence-corrected chi connectivity index (χ2v) is 5.24. The van der Waals surface area contributed by atoms with Crippen LogP contribution in [0.1, 0.15) is 16.1 Å². The van der Waals surface area contributed by atoms with E-state index in [1.165, 1.54) is 12.2 Å². The molecule has 0 aliphatic rings. The van der Waals surface area contributed by atoms with Gasteiger partial charge in [-0.3, -0.25) is 14.6 Å². The molecule has 0 aliphatic heterocycles. The van der Waals surface area contributed by atoms with Gasteiger partial charge in [0.25, 0.3) is 5.91 Å². The van der Waals surface area contributed by atoms with Gasteiger partial charge in [0.05, 0.1) is 24.1 Å². The van der Waals surface area contributed by atoms with Crippen molar-refractivity contribution in [2.24, 2.45) is 0 Å². The normalized spacial score (nSPS) is 10.4. The summed E-state index contributed by atoms with van der Waals surface area (Å²) in [6.07, 6.45) is 0. The Bertz CT molecular complexity index is 644. The maximum Gasteiger partial charge on any atom is 0.278 e. The van der Waals surface area contributed by atoms with Crippen molar-refractivity contribution in [3.05, 3.63) is 52.1 Å². The van der Waals surface area contributed by atoms with Crippen LogP contribution in [0.4, 0.5) is 0 Å². The molecule has 0 saturated heterocycles. The highest BCUT2D eigenvalue weighted by Crippen LogP contribution is 2.22. The van der Waals surface area contributed by atoms with Crippen molar-refractivity contribution in [1.29, 1.82) is 0 Å². The van der Waals surface area contributed by atoms with Crippen LogP contribution in [0.15, 0.2) is 40.9 Å². The first-order valence-corrected chi connectivity index (χ1v) is 6.88. The molecule has 0 radical (unpaired) electrons. The molecule has 1 heterocycles. The van der Waals surface area contributed by atoms with Gasteiger partial charge >= 0.3 is 0 Å². The molecule has 104 valence electrons. The van der Waals surface area contributed by atoms with Gasteiger partial charge in [-0.15, -0.1) is 0 Å². The van der Waals surface area contributed by atoms with Crippen molar-refractivity contribution in [2.75, 3.05) is 14.2 Å². The van der Waals surface area contributed by atoms with Gasteiger partial charge in [-0.1, -0.05) is 28.1 Å². The fraction of sp³-hybridized carbons (Fsp3) is 0.200. The van der Waals surface area contributed by atoms with E-state index in [-0.39, 0.29) is 5.91 Å². The van der Waals surface area contributed by atoms with E-state index in [0.29, 0.717) is 11.3 Å². The zero-order valence-electron chi connectivity index (χ0n) is 11.6. The van der Waals surface area contributed by atoms with E-state index in [1.54, 1.807) is 13.1 Å². The van der Waals surface area contributed by atoms with Crippen molar-refractivity contribution in [3.8, 4) is 11.3 Å². The number of hydrogen-bond donors (Lipinski definition) is 0. The van der Waals surface area contributed by atoms with Gasteiger partial charge in [-0.2, -0.15) is 0 Å². The molecule has 0 spiro atoms. The number of rotatable bonds is 3. The van der Waals surface area contributed by atoms with Gasteiger partial charge < -0.3 is 0 Å². The van der Waals surface area contributed by atoms with Gasteiger partial charge in [0, 0.05) is 17.1 Å². The smallest absolute Gasteiger partial charge is 0.274 e. The molecule has 1 amide bonds. The monoisotopic (exact) mass is 334 g/mol. The van der Waals surface area contributed by atoms with Crippen molar-refractivity contribution >= 4 is 21.8 Å². The Kier molecular flexibility index (Phi) is 4.52. The summed E-state index contributed by atoms with van der Waals surface area (Å²) in [7, 11) is 3.03. The molecule has 0 N–H and O–H groups in total. The molecular weight excluding hydrogens is 320 g/mol. The minimum Gasteiger partial charge on any atom is -0.274 e. The summed E-state index contributed by atoms with van der Waals surface area (Å²) in [6.45, 7) is 1.82. The first-order valence-electron chi connectivity index (χ1n) is 6.08. The Morgan fingerprint density at radius 3 is 2.65 bits per heavy atom. The molecule has 2 aromatic rings. The lowest BCUT2D eigenvalue weighted by Gasteiger charge is -2.15. The highest BCUT2D eigenvalue weighted by molar-refractivity contribution is 9.10. The minimum absolute atomic E-state index is 0.210. The topological polar surface area (TPSA) is 42.4 Å². The van der Waals surface area contributed by atoms with Crippen LogP contribution >= 0.6 is 15.9 Å². The summed E-state index contributed by atoms with van der Waals surface area (Å²) in [5, 5.41) is 1.18. The maximum absolute atomic E-state index is 12.1. The third-order valence-corrected chi connectivity index (χ3v) is 3.49. The van der Waals surface area contributed by atoms with Crippen LogP contribution in [-0.2, 0) is 4.84 Å². The first-order chi connectivity index (χ1) is 9.52. The quantitative estimate of drug-likeness (QED) is 0.807. The average Bonchev–Trinajstić information content (AvgIpc) is 2.45. The summed E-state index contributed by atoms with van der Waals surface area (Å²) < 4.78 is 0.994. The molecule has 0 saturated carbocycles. The number of aryl methyl sites for hydroxylation is 1. The maximum atomic E-state index is 12.1. The van der Waals surface area contributed by atoms with E-state index in [1.807, 2.05) is 37.3 Å². The number of halogens is 1. The van der Waals surface area contributed by atoms with Crippen molar-refractivity contribution in [1.82, 2.24) is 10.0 Å². The highest BCUT2D eigenvalue weighted by Gasteiger charge is 2.15. The van der Waals surface area contributed by atoms with Crippen LogP contribution in [-0.4, -0.2) is 30.1 Å². The number of hydroxylamine groups is 2. The summed E-state index contributed by atoms with van der Waals surface area (Å²) >= 11 is 3.44. The summed E-state index contributed by atoms with van der Waals surface area (Å²) in [5.74, 6) is -0.210. The fourth-order valence-electron chi connectivity index (χ4n) is 1.85. The molecule has 5 heteroatoms. The molecule has 0 unspecified atom stereocenters. The molecule has 4 nitrogen and oxygen atoms in total.